The van der Waals surface area contributed by atoms with Gasteiger partial charge in [-0.05, 0) is 66.7 Å². The lowest BCUT2D eigenvalue weighted by Crippen LogP contribution is -2.19. The van der Waals surface area contributed by atoms with E-state index in [1.165, 1.54) is 42.5 Å². The quantitative estimate of drug-likeness (QED) is 0.154. The van der Waals surface area contributed by atoms with E-state index in [1.54, 1.807) is 84.9 Å². The van der Waals surface area contributed by atoms with Crippen LogP contribution in [0.25, 0.3) is 0 Å². The molecule has 0 atom stereocenters. The Balaban J connectivity index is 1.36. The molecule has 0 aliphatic rings. The Morgan fingerprint density at radius 3 is 1.14 bits per heavy atom. The van der Waals surface area contributed by atoms with Crippen LogP contribution in [-0.2, 0) is 20.0 Å². The van der Waals surface area contributed by atoms with Crippen LogP contribution in [0.4, 0.5) is 22.7 Å². The third-order valence-electron chi connectivity index (χ3n) is 6.34. The predicted octanol–water partition coefficient (Wildman–Crippen LogP) is 5.79. The monoisotopic (exact) mass is 626 g/mol. The van der Waals surface area contributed by atoms with Crippen molar-refractivity contribution in [1.29, 1.82) is 0 Å². The van der Waals surface area contributed by atoms with E-state index in [2.05, 4.69) is 20.1 Å². The number of nitrogens with one attached hydrogen (secondary N) is 4. The van der Waals surface area contributed by atoms with Crippen molar-refractivity contribution in [3.63, 3.8) is 0 Å². The summed E-state index contributed by atoms with van der Waals surface area (Å²) in [6, 6.07) is 34.2. The SMILES string of the molecule is O=C(Nc1ccccc1NS(=O)(=O)c1cccc(S(=O)(=O)Nc2ccccc2NC(=O)c2ccccc2)c1)c1ccccc1. The zero-order valence-corrected chi connectivity index (χ0v) is 24.6. The number of sulfonamides is 2. The van der Waals surface area contributed by atoms with E-state index in [-0.39, 0.29) is 32.5 Å². The third-order valence-corrected chi connectivity index (χ3v) is 9.06. The van der Waals surface area contributed by atoms with E-state index in [9.17, 15) is 26.4 Å². The average Bonchev–Trinajstić information content (AvgIpc) is 3.03. The van der Waals surface area contributed by atoms with Crippen molar-refractivity contribution in [3.05, 3.63) is 145 Å². The Morgan fingerprint density at radius 2 is 0.750 bits per heavy atom. The molecule has 2 amide bonds. The van der Waals surface area contributed by atoms with Crippen molar-refractivity contribution in [2.75, 3.05) is 20.1 Å². The molecule has 0 heterocycles. The molecule has 0 bridgehead atoms. The maximum atomic E-state index is 13.4. The fourth-order valence-electron chi connectivity index (χ4n) is 4.15. The van der Waals surface area contributed by atoms with Gasteiger partial charge in [0.15, 0.2) is 0 Å². The molecule has 0 fully saturated rings. The Hall–Kier alpha value is -5.46. The van der Waals surface area contributed by atoms with Crippen LogP contribution >= 0.6 is 0 Å². The molecule has 0 spiro atoms. The minimum absolute atomic E-state index is 0.0891. The molecule has 44 heavy (non-hydrogen) atoms. The Kier molecular flexibility index (Phi) is 8.74. The summed E-state index contributed by atoms with van der Waals surface area (Å²) in [5.74, 6) is -0.867. The number of benzene rings is 5. The van der Waals surface area contributed by atoms with Crippen LogP contribution in [-0.4, -0.2) is 28.6 Å². The van der Waals surface area contributed by atoms with Crippen molar-refractivity contribution in [2.45, 2.75) is 9.79 Å². The summed E-state index contributed by atoms with van der Waals surface area (Å²) < 4.78 is 58.3. The molecule has 12 heteroatoms. The van der Waals surface area contributed by atoms with Gasteiger partial charge in [-0.1, -0.05) is 66.7 Å². The number of carbonyl (C=O) groups excluding carboxylic acids is 2. The van der Waals surface area contributed by atoms with Gasteiger partial charge in [-0.15, -0.1) is 0 Å². The van der Waals surface area contributed by atoms with Crippen LogP contribution in [0, 0.1) is 0 Å². The lowest BCUT2D eigenvalue weighted by Gasteiger charge is -2.15. The third kappa shape index (κ3) is 7.12. The molecule has 0 aliphatic heterocycles. The fourth-order valence-corrected chi connectivity index (χ4v) is 6.47. The molecule has 5 aromatic rings. The van der Waals surface area contributed by atoms with E-state index in [0.717, 1.165) is 6.07 Å². The Labute approximate surface area is 254 Å². The summed E-state index contributed by atoms with van der Waals surface area (Å²) >= 11 is 0. The first-order valence-corrected chi connectivity index (χ1v) is 16.2. The Bertz CT molecular complexity index is 1890. The van der Waals surface area contributed by atoms with Crippen molar-refractivity contribution < 1.29 is 26.4 Å². The molecular formula is C32H26N4O6S2. The van der Waals surface area contributed by atoms with E-state index < -0.39 is 31.9 Å². The molecule has 0 saturated heterocycles. The molecule has 0 unspecified atom stereocenters. The van der Waals surface area contributed by atoms with E-state index in [1.807, 2.05) is 0 Å². The van der Waals surface area contributed by atoms with Crippen LogP contribution in [0.1, 0.15) is 20.7 Å². The van der Waals surface area contributed by atoms with Crippen LogP contribution in [0.3, 0.4) is 0 Å². The lowest BCUT2D eigenvalue weighted by molar-refractivity contribution is 0.101. The minimum Gasteiger partial charge on any atom is -0.320 e. The molecule has 0 aromatic heterocycles. The van der Waals surface area contributed by atoms with Crippen molar-refractivity contribution in [2.24, 2.45) is 0 Å². The largest absolute Gasteiger partial charge is 0.320 e. The first-order valence-electron chi connectivity index (χ1n) is 13.2. The maximum Gasteiger partial charge on any atom is 0.262 e. The fraction of sp³-hybridized carbons (Fsp3) is 0. The molecule has 4 N–H and O–H groups in total. The number of hydrogen-bond donors (Lipinski definition) is 4. The van der Waals surface area contributed by atoms with Gasteiger partial charge in [0.2, 0.25) is 0 Å². The zero-order valence-electron chi connectivity index (χ0n) is 23.0. The molecular weight excluding hydrogens is 601 g/mol. The number of para-hydroxylation sites is 4. The van der Waals surface area contributed by atoms with Gasteiger partial charge in [-0.2, -0.15) is 0 Å². The molecule has 5 rings (SSSR count). The van der Waals surface area contributed by atoms with Gasteiger partial charge >= 0.3 is 0 Å². The molecule has 0 saturated carbocycles. The maximum absolute atomic E-state index is 13.4. The summed E-state index contributed by atoms with van der Waals surface area (Å²) in [7, 11) is -8.59. The van der Waals surface area contributed by atoms with Gasteiger partial charge in [0.25, 0.3) is 31.9 Å². The molecule has 5 aromatic carbocycles. The second kappa shape index (κ2) is 12.8. The number of anilines is 4. The van der Waals surface area contributed by atoms with E-state index >= 15 is 0 Å². The number of rotatable bonds is 10. The van der Waals surface area contributed by atoms with Crippen molar-refractivity contribution >= 4 is 54.6 Å². The minimum atomic E-state index is -4.30. The van der Waals surface area contributed by atoms with Gasteiger partial charge in [0, 0.05) is 11.1 Å². The zero-order chi connectivity index (χ0) is 31.2. The normalized spacial score (nSPS) is 11.3. The van der Waals surface area contributed by atoms with Gasteiger partial charge in [0.05, 0.1) is 32.5 Å². The van der Waals surface area contributed by atoms with Gasteiger partial charge in [-0.25, -0.2) is 16.8 Å². The second-order valence-corrected chi connectivity index (χ2v) is 12.8. The first kappa shape index (κ1) is 30.0. The van der Waals surface area contributed by atoms with Crippen LogP contribution in [0.15, 0.2) is 143 Å². The van der Waals surface area contributed by atoms with E-state index in [4.69, 9.17) is 0 Å². The van der Waals surface area contributed by atoms with Crippen molar-refractivity contribution in [1.82, 2.24) is 0 Å². The number of carbonyl (C=O) groups is 2. The summed E-state index contributed by atoms with van der Waals surface area (Å²) in [6.45, 7) is 0. The lowest BCUT2D eigenvalue weighted by atomic mass is 10.2. The molecule has 222 valence electrons. The molecule has 0 aliphatic carbocycles. The highest BCUT2D eigenvalue weighted by Gasteiger charge is 2.22. The van der Waals surface area contributed by atoms with Gasteiger partial charge in [-0.3, -0.25) is 19.0 Å². The summed E-state index contributed by atoms with van der Waals surface area (Å²) in [6.07, 6.45) is 0. The predicted molar refractivity (Wildman–Crippen MR) is 170 cm³/mol. The Morgan fingerprint density at radius 1 is 0.409 bits per heavy atom. The highest BCUT2D eigenvalue weighted by atomic mass is 32.2. The second-order valence-electron chi connectivity index (χ2n) is 9.42. The number of amides is 2. The average molecular weight is 627 g/mol. The number of hydrogen-bond acceptors (Lipinski definition) is 6. The summed E-state index contributed by atoms with van der Waals surface area (Å²) in [5, 5.41) is 5.38. The van der Waals surface area contributed by atoms with Gasteiger partial charge < -0.3 is 10.6 Å². The molecule has 10 nitrogen and oxygen atoms in total. The smallest absolute Gasteiger partial charge is 0.262 e. The van der Waals surface area contributed by atoms with Crippen LogP contribution in [0.2, 0.25) is 0 Å². The first-order chi connectivity index (χ1) is 21.1. The highest BCUT2D eigenvalue weighted by molar-refractivity contribution is 7.93. The van der Waals surface area contributed by atoms with E-state index in [0.29, 0.717) is 11.1 Å². The topological polar surface area (TPSA) is 151 Å². The summed E-state index contributed by atoms with van der Waals surface area (Å²) in [4.78, 5) is 24.7. The molecule has 0 radical (unpaired) electrons. The summed E-state index contributed by atoms with van der Waals surface area (Å²) in [5.41, 5.74) is 1.38. The standard InChI is InChI=1S/C32H26N4O6S2/c37-31(23-12-3-1-4-13-23)33-27-18-7-9-20-29(27)35-43(39,40)25-16-11-17-26(22-25)44(41,42)36-30-21-10-8-19-28(30)34-32(38)24-14-5-2-6-15-24/h1-22,35-36H,(H,33,37)(H,34,38). The van der Waals surface area contributed by atoms with Crippen molar-refractivity contribution in [3.8, 4) is 0 Å². The van der Waals surface area contributed by atoms with Gasteiger partial charge in [0.1, 0.15) is 0 Å². The van der Waals surface area contributed by atoms with Crippen LogP contribution < -0.4 is 20.1 Å². The van der Waals surface area contributed by atoms with Crippen LogP contribution in [0.5, 0.6) is 0 Å². The highest BCUT2D eigenvalue weighted by Crippen LogP contribution is 2.28.